The molecule has 0 aromatic rings. The van der Waals surface area contributed by atoms with Crippen molar-refractivity contribution in [3.8, 4) is 0 Å². The van der Waals surface area contributed by atoms with E-state index in [0.29, 0.717) is 19.3 Å². The lowest BCUT2D eigenvalue weighted by atomic mass is 10.0. The molecule has 64 valence electrons. The predicted octanol–water partition coefficient (Wildman–Crippen LogP) is -0.598. The largest absolute Gasteiger partial charge is 0.467 e. The molecule has 0 saturated heterocycles. The van der Waals surface area contributed by atoms with Crippen LogP contribution in [0.5, 0.6) is 0 Å². The van der Waals surface area contributed by atoms with Gasteiger partial charge in [-0.05, 0) is 12.8 Å². The molecule has 1 aliphatic rings. The van der Waals surface area contributed by atoms with Gasteiger partial charge in [0.05, 0.1) is 7.11 Å². The summed E-state index contributed by atoms with van der Waals surface area (Å²) in [4.78, 5) is 11.0. The van der Waals surface area contributed by atoms with E-state index in [2.05, 4.69) is 4.74 Å². The third kappa shape index (κ3) is 1.52. The first-order chi connectivity index (χ1) is 5.08. The summed E-state index contributed by atoms with van der Waals surface area (Å²) in [5, 5.41) is 9.58. The molecule has 4 nitrogen and oxygen atoms in total. The number of carbonyl (C=O) groups is 1. The number of methoxy groups -OCH3 is 1. The molecule has 1 rings (SSSR count). The van der Waals surface area contributed by atoms with Crippen LogP contribution in [0.15, 0.2) is 0 Å². The Bertz CT molecular complexity index is 171. The van der Waals surface area contributed by atoms with Gasteiger partial charge in [0.2, 0.25) is 0 Å². The molecular formula is C7H13NO3. The van der Waals surface area contributed by atoms with E-state index in [1.54, 1.807) is 0 Å². The van der Waals surface area contributed by atoms with Gasteiger partial charge in [-0.1, -0.05) is 0 Å². The number of esters is 1. The van der Waals surface area contributed by atoms with E-state index in [1.807, 2.05) is 0 Å². The minimum Gasteiger partial charge on any atom is -0.467 e. The maximum atomic E-state index is 11.0. The molecule has 0 aromatic carbocycles. The molecule has 0 heterocycles. The van der Waals surface area contributed by atoms with E-state index in [0.717, 1.165) is 0 Å². The van der Waals surface area contributed by atoms with Crippen LogP contribution in [0.1, 0.15) is 19.3 Å². The highest BCUT2D eigenvalue weighted by atomic mass is 16.5. The Morgan fingerprint density at radius 2 is 2.45 bits per heavy atom. The summed E-state index contributed by atoms with van der Waals surface area (Å²) in [5.74, 6) is -0.564. The lowest BCUT2D eigenvalue weighted by Crippen LogP contribution is -2.38. The number of ether oxygens (including phenoxy) is 1. The fourth-order valence-electron chi connectivity index (χ4n) is 1.44. The van der Waals surface area contributed by atoms with E-state index < -0.39 is 11.6 Å². The van der Waals surface area contributed by atoms with E-state index in [-0.39, 0.29) is 6.04 Å². The summed E-state index contributed by atoms with van der Waals surface area (Å²) in [6.45, 7) is 0. The highest BCUT2D eigenvalue weighted by molar-refractivity contribution is 5.79. The first-order valence-electron chi connectivity index (χ1n) is 3.65. The standard InChI is InChI=1S/C7H13NO3/c1-11-6(9)7(10)3-2-5(8)4-7/h5,10H,2-4,8H2,1H3/t5?,7-/m0/s1. The molecule has 2 atom stereocenters. The summed E-state index contributed by atoms with van der Waals surface area (Å²) < 4.78 is 4.44. The van der Waals surface area contributed by atoms with Crippen LogP contribution in [0.25, 0.3) is 0 Å². The number of hydrogen-bond donors (Lipinski definition) is 2. The summed E-state index contributed by atoms with van der Waals surface area (Å²) in [7, 11) is 1.27. The smallest absolute Gasteiger partial charge is 0.337 e. The topological polar surface area (TPSA) is 72.5 Å². The zero-order valence-corrected chi connectivity index (χ0v) is 6.54. The van der Waals surface area contributed by atoms with Crippen molar-refractivity contribution < 1.29 is 14.6 Å². The summed E-state index contributed by atoms with van der Waals surface area (Å²) in [6.07, 6.45) is 1.42. The average molecular weight is 159 g/mol. The molecule has 11 heavy (non-hydrogen) atoms. The highest BCUT2D eigenvalue weighted by Gasteiger charge is 2.43. The maximum Gasteiger partial charge on any atom is 0.337 e. The zero-order chi connectivity index (χ0) is 8.48. The summed E-state index contributed by atoms with van der Waals surface area (Å²) in [5.41, 5.74) is 4.22. The van der Waals surface area contributed by atoms with Crippen molar-refractivity contribution >= 4 is 5.97 Å². The second-order valence-corrected chi connectivity index (χ2v) is 3.03. The Morgan fingerprint density at radius 3 is 2.82 bits per heavy atom. The minimum absolute atomic E-state index is 0.0703. The normalized spacial score (nSPS) is 37.2. The van der Waals surface area contributed by atoms with Crippen molar-refractivity contribution in [1.82, 2.24) is 0 Å². The fraction of sp³-hybridized carbons (Fsp3) is 0.857. The van der Waals surface area contributed by atoms with Gasteiger partial charge in [-0.3, -0.25) is 0 Å². The Hall–Kier alpha value is -0.610. The SMILES string of the molecule is COC(=O)[C@]1(O)CCC(N)C1. The lowest BCUT2D eigenvalue weighted by Gasteiger charge is -2.18. The second kappa shape index (κ2) is 2.79. The first-order valence-corrected chi connectivity index (χ1v) is 3.65. The maximum absolute atomic E-state index is 11.0. The molecule has 0 spiro atoms. The van der Waals surface area contributed by atoms with Crippen molar-refractivity contribution in [1.29, 1.82) is 0 Å². The van der Waals surface area contributed by atoms with Crippen LogP contribution < -0.4 is 5.73 Å². The van der Waals surface area contributed by atoms with Gasteiger partial charge < -0.3 is 15.6 Å². The van der Waals surface area contributed by atoms with Crippen molar-refractivity contribution in [3.63, 3.8) is 0 Å². The monoisotopic (exact) mass is 159 g/mol. The predicted molar refractivity (Wildman–Crippen MR) is 38.8 cm³/mol. The zero-order valence-electron chi connectivity index (χ0n) is 6.54. The molecular weight excluding hydrogens is 146 g/mol. The third-order valence-electron chi connectivity index (χ3n) is 2.09. The Labute approximate surface area is 65.3 Å². The van der Waals surface area contributed by atoms with Gasteiger partial charge in [0, 0.05) is 12.5 Å². The minimum atomic E-state index is -1.31. The van der Waals surface area contributed by atoms with Gasteiger partial charge >= 0.3 is 5.97 Å². The second-order valence-electron chi connectivity index (χ2n) is 3.03. The molecule has 0 aliphatic heterocycles. The molecule has 0 aromatic heterocycles. The van der Waals surface area contributed by atoms with Crippen LogP contribution in [0.4, 0.5) is 0 Å². The number of hydrogen-bond acceptors (Lipinski definition) is 4. The van der Waals surface area contributed by atoms with Gasteiger partial charge in [-0.15, -0.1) is 0 Å². The van der Waals surface area contributed by atoms with Crippen LogP contribution >= 0.6 is 0 Å². The van der Waals surface area contributed by atoms with E-state index in [1.165, 1.54) is 7.11 Å². The van der Waals surface area contributed by atoms with Crippen LogP contribution in [-0.2, 0) is 9.53 Å². The number of carbonyl (C=O) groups excluding carboxylic acids is 1. The fourth-order valence-corrected chi connectivity index (χ4v) is 1.44. The van der Waals surface area contributed by atoms with E-state index in [4.69, 9.17) is 5.73 Å². The van der Waals surface area contributed by atoms with Gasteiger partial charge in [0.25, 0.3) is 0 Å². The number of aliphatic hydroxyl groups is 1. The Morgan fingerprint density at radius 1 is 1.82 bits per heavy atom. The van der Waals surface area contributed by atoms with Crippen molar-refractivity contribution in [2.75, 3.05) is 7.11 Å². The highest BCUT2D eigenvalue weighted by Crippen LogP contribution is 2.29. The van der Waals surface area contributed by atoms with Crippen molar-refractivity contribution in [2.45, 2.75) is 30.9 Å². The number of rotatable bonds is 1. The number of nitrogens with two attached hydrogens (primary N) is 1. The molecule has 1 saturated carbocycles. The summed E-state index contributed by atoms with van der Waals surface area (Å²) >= 11 is 0. The van der Waals surface area contributed by atoms with Crippen LogP contribution in [0.3, 0.4) is 0 Å². The molecule has 4 heteroatoms. The van der Waals surface area contributed by atoms with Crippen molar-refractivity contribution in [2.24, 2.45) is 5.73 Å². The van der Waals surface area contributed by atoms with E-state index >= 15 is 0 Å². The van der Waals surface area contributed by atoms with Gasteiger partial charge in [0.1, 0.15) is 0 Å². The third-order valence-corrected chi connectivity index (χ3v) is 2.09. The van der Waals surface area contributed by atoms with Crippen LogP contribution in [0, 0.1) is 0 Å². The summed E-state index contributed by atoms with van der Waals surface area (Å²) in [6, 6.07) is -0.0703. The molecule has 0 amide bonds. The lowest BCUT2D eigenvalue weighted by molar-refractivity contribution is -0.161. The molecule has 0 bridgehead atoms. The van der Waals surface area contributed by atoms with Crippen LogP contribution in [-0.4, -0.2) is 29.8 Å². The van der Waals surface area contributed by atoms with E-state index in [9.17, 15) is 9.90 Å². The molecule has 1 fully saturated rings. The first kappa shape index (κ1) is 8.49. The van der Waals surface area contributed by atoms with Gasteiger partial charge in [0.15, 0.2) is 5.60 Å². The average Bonchev–Trinajstić information content (AvgIpc) is 2.31. The quantitative estimate of drug-likeness (QED) is 0.501. The molecule has 1 aliphatic carbocycles. The van der Waals surface area contributed by atoms with Crippen molar-refractivity contribution in [3.05, 3.63) is 0 Å². The molecule has 0 radical (unpaired) electrons. The van der Waals surface area contributed by atoms with Crippen LogP contribution in [0.2, 0.25) is 0 Å². The Kier molecular flexibility index (Phi) is 2.15. The molecule has 1 unspecified atom stereocenters. The molecule has 3 N–H and O–H groups in total. The van der Waals surface area contributed by atoms with Gasteiger partial charge in [-0.2, -0.15) is 0 Å². The Balaban J connectivity index is 2.61. The van der Waals surface area contributed by atoms with Gasteiger partial charge in [-0.25, -0.2) is 4.79 Å².